The van der Waals surface area contributed by atoms with Gasteiger partial charge in [0.1, 0.15) is 5.82 Å². The standard InChI is InChI=1S/C42H34N4/c1-42(2)35-20-9-11-22-37(35)46(38-23-12-10-21-36(38)42)34-26-24-29(25-27-34)32-18-13-19-33(28-32)41-44-39(30-14-5-3-6-15-30)43-40(45-41)31-16-7-4-8-17-31/h3-16,18-28,31H,17H2,1-2H3. The van der Waals surface area contributed by atoms with Crippen LogP contribution in [0.3, 0.4) is 0 Å². The van der Waals surface area contributed by atoms with Crippen molar-refractivity contribution in [2.24, 2.45) is 0 Å². The number of para-hydroxylation sites is 2. The molecule has 1 atom stereocenters. The number of nitrogens with zero attached hydrogens (tertiary/aromatic N) is 4. The molecule has 1 aromatic heterocycles. The Morgan fingerprint density at radius 1 is 0.565 bits per heavy atom. The molecular formula is C42H34N4. The lowest BCUT2D eigenvalue weighted by atomic mass is 9.73. The third-order valence-corrected chi connectivity index (χ3v) is 9.21. The highest BCUT2D eigenvalue weighted by Crippen LogP contribution is 2.51. The summed E-state index contributed by atoms with van der Waals surface area (Å²) in [5, 5.41) is 0. The fraction of sp³-hybridized carbons (Fsp3) is 0.119. The van der Waals surface area contributed by atoms with Crippen molar-refractivity contribution in [1.82, 2.24) is 15.0 Å². The fourth-order valence-electron chi connectivity index (χ4n) is 6.76. The zero-order chi connectivity index (χ0) is 31.1. The van der Waals surface area contributed by atoms with Gasteiger partial charge in [-0.1, -0.05) is 135 Å². The van der Waals surface area contributed by atoms with Gasteiger partial charge in [0.05, 0.1) is 11.4 Å². The summed E-state index contributed by atoms with van der Waals surface area (Å²) in [5.41, 5.74) is 10.4. The topological polar surface area (TPSA) is 41.9 Å². The van der Waals surface area contributed by atoms with E-state index in [2.05, 4.69) is 152 Å². The molecule has 2 aliphatic rings. The molecule has 4 heteroatoms. The van der Waals surface area contributed by atoms with Crippen molar-refractivity contribution in [2.75, 3.05) is 4.90 Å². The van der Waals surface area contributed by atoms with Crippen molar-refractivity contribution in [3.63, 3.8) is 0 Å². The Bertz CT molecular complexity index is 2060. The first-order chi connectivity index (χ1) is 22.6. The second-order valence-electron chi connectivity index (χ2n) is 12.5. The van der Waals surface area contributed by atoms with Crippen LogP contribution in [0.1, 0.15) is 43.1 Å². The van der Waals surface area contributed by atoms with Gasteiger partial charge in [0.15, 0.2) is 11.6 Å². The fourth-order valence-corrected chi connectivity index (χ4v) is 6.76. The number of fused-ring (bicyclic) bond motifs is 2. The zero-order valence-corrected chi connectivity index (χ0v) is 26.0. The molecule has 8 rings (SSSR count). The summed E-state index contributed by atoms with van der Waals surface area (Å²) in [5.74, 6) is 2.31. The summed E-state index contributed by atoms with van der Waals surface area (Å²) >= 11 is 0. The Labute approximate surface area is 270 Å². The first-order valence-corrected chi connectivity index (χ1v) is 15.9. The van der Waals surface area contributed by atoms with E-state index in [1.54, 1.807) is 0 Å². The van der Waals surface area contributed by atoms with Gasteiger partial charge < -0.3 is 4.90 Å². The van der Waals surface area contributed by atoms with Gasteiger partial charge >= 0.3 is 0 Å². The summed E-state index contributed by atoms with van der Waals surface area (Å²) in [6.45, 7) is 4.64. The maximum absolute atomic E-state index is 5.00. The minimum Gasteiger partial charge on any atom is -0.310 e. The lowest BCUT2D eigenvalue weighted by Gasteiger charge is -2.42. The lowest BCUT2D eigenvalue weighted by molar-refractivity contribution is 0.632. The number of rotatable bonds is 5. The highest BCUT2D eigenvalue weighted by Gasteiger charge is 2.36. The highest BCUT2D eigenvalue weighted by molar-refractivity contribution is 5.86. The second-order valence-corrected chi connectivity index (χ2v) is 12.5. The molecule has 0 spiro atoms. The summed E-state index contributed by atoms with van der Waals surface area (Å²) in [6.07, 6.45) is 9.37. The van der Waals surface area contributed by atoms with Crippen LogP contribution in [0.5, 0.6) is 0 Å². The summed E-state index contributed by atoms with van der Waals surface area (Å²) in [4.78, 5) is 17.3. The molecular weight excluding hydrogens is 560 g/mol. The van der Waals surface area contributed by atoms with Crippen LogP contribution in [0.25, 0.3) is 33.9 Å². The Kier molecular flexibility index (Phi) is 6.91. The van der Waals surface area contributed by atoms with Gasteiger partial charge in [-0.15, -0.1) is 0 Å². The Morgan fingerprint density at radius 3 is 1.85 bits per heavy atom. The first-order valence-electron chi connectivity index (χ1n) is 15.9. The molecule has 4 nitrogen and oxygen atoms in total. The molecule has 0 radical (unpaired) electrons. The molecule has 1 aliphatic heterocycles. The van der Waals surface area contributed by atoms with E-state index in [4.69, 9.17) is 15.0 Å². The Hall–Kier alpha value is -5.61. The van der Waals surface area contributed by atoms with E-state index < -0.39 is 0 Å². The largest absolute Gasteiger partial charge is 0.310 e. The van der Waals surface area contributed by atoms with E-state index in [1.165, 1.54) is 22.5 Å². The quantitative estimate of drug-likeness (QED) is 0.199. The zero-order valence-electron chi connectivity index (χ0n) is 26.0. The number of aromatic nitrogens is 3. The van der Waals surface area contributed by atoms with E-state index in [9.17, 15) is 0 Å². The van der Waals surface area contributed by atoms with Crippen LogP contribution in [0.2, 0.25) is 0 Å². The molecule has 1 aliphatic carbocycles. The molecule has 0 fully saturated rings. The number of benzene rings is 5. The molecule has 1 unspecified atom stereocenters. The maximum atomic E-state index is 5.00. The second kappa shape index (κ2) is 11.4. The van der Waals surface area contributed by atoms with Crippen LogP contribution in [0, 0.1) is 0 Å². The van der Waals surface area contributed by atoms with Gasteiger partial charge in [-0.3, -0.25) is 0 Å². The van der Waals surface area contributed by atoms with Crippen molar-refractivity contribution in [3.05, 3.63) is 169 Å². The molecule has 0 bridgehead atoms. The third-order valence-electron chi connectivity index (χ3n) is 9.21. The van der Waals surface area contributed by atoms with E-state index in [1.807, 2.05) is 18.2 Å². The van der Waals surface area contributed by atoms with Crippen molar-refractivity contribution < 1.29 is 0 Å². The predicted molar refractivity (Wildman–Crippen MR) is 189 cm³/mol. The van der Waals surface area contributed by atoms with E-state index in [-0.39, 0.29) is 11.3 Å². The Morgan fingerprint density at radius 2 is 1.17 bits per heavy atom. The van der Waals surface area contributed by atoms with E-state index >= 15 is 0 Å². The molecule has 2 heterocycles. The molecule has 5 aromatic carbocycles. The number of allylic oxidation sites excluding steroid dienone is 4. The van der Waals surface area contributed by atoms with Crippen LogP contribution in [0.15, 0.2) is 152 Å². The van der Waals surface area contributed by atoms with Crippen LogP contribution >= 0.6 is 0 Å². The molecule has 46 heavy (non-hydrogen) atoms. The maximum Gasteiger partial charge on any atom is 0.163 e. The van der Waals surface area contributed by atoms with Crippen molar-refractivity contribution in [1.29, 1.82) is 0 Å². The van der Waals surface area contributed by atoms with Crippen LogP contribution in [-0.2, 0) is 5.41 Å². The summed E-state index contributed by atoms with van der Waals surface area (Å²) in [6, 6.07) is 45.1. The van der Waals surface area contributed by atoms with Crippen LogP contribution < -0.4 is 4.90 Å². The predicted octanol–water partition coefficient (Wildman–Crippen LogP) is 10.6. The molecule has 0 saturated heterocycles. The number of hydrogen-bond acceptors (Lipinski definition) is 4. The molecule has 6 aromatic rings. The molecule has 0 saturated carbocycles. The minimum absolute atomic E-state index is 0.0800. The van der Waals surface area contributed by atoms with Gasteiger partial charge in [-0.2, -0.15) is 0 Å². The van der Waals surface area contributed by atoms with Crippen molar-refractivity contribution >= 4 is 17.1 Å². The highest BCUT2D eigenvalue weighted by atomic mass is 15.2. The average Bonchev–Trinajstić information content (AvgIpc) is 3.13. The van der Waals surface area contributed by atoms with Crippen molar-refractivity contribution in [2.45, 2.75) is 31.6 Å². The van der Waals surface area contributed by atoms with Gasteiger partial charge in [-0.05, 0) is 59.0 Å². The minimum atomic E-state index is -0.0800. The van der Waals surface area contributed by atoms with E-state index in [0.29, 0.717) is 11.6 Å². The third kappa shape index (κ3) is 4.93. The van der Waals surface area contributed by atoms with Gasteiger partial charge in [0.2, 0.25) is 0 Å². The molecule has 0 N–H and O–H groups in total. The summed E-state index contributed by atoms with van der Waals surface area (Å²) < 4.78 is 0. The number of anilines is 3. The first kappa shape index (κ1) is 27.9. The number of hydrogen-bond donors (Lipinski definition) is 0. The molecule has 222 valence electrons. The monoisotopic (exact) mass is 594 g/mol. The SMILES string of the molecule is CC1(C)c2ccccc2N(c2ccc(-c3cccc(-c4nc(-c5ccccc5)nc(C5C=CC=CC5)n4)c3)cc2)c2ccccc21. The summed E-state index contributed by atoms with van der Waals surface area (Å²) in [7, 11) is 0. The van der Waals surface area contributed by atoms with Gasteiger partial charge in [0, 0.05) is 28.1 Å². The van der Waals surface area contributed by atoms with E-state index in [0.717, 1.165) is 40.2 Å². The van der Waals surface area contributed by atoms with Crippen LogP contribution in [0.4, 0.5) is 17.1 Å². The molecule has 0 amide bonds. The van der Waals surface area contributed by atoms with Gasteiger partial charge in [-0.25, -0.2) is 15.0 Å². The average molecular weight is 595 g/mol. The normalized spacial score (nSPS) is 16.1. The Balaban J connectivity index is 1.16. The van der Waals surface area contributed by atoms with Gasteiger partial charge in [0.25, 0.3) is 0 Å². The van der Waals surface area contributed by atoms with Crippen LogP contribution in [-0.4, -0.2) is 15.0 Å². The lowest BCUT2D eigenvalue weighted by Crippen LogP contribution is -2.30. The smallest absolute Gasteiger partial charge is 0.163 e. The van der Waals surface area contributed by atoms with Crippen molar-refractivity contribution in [3.8, 4) is 33.9 Å².